The molecule has 148 valence electrons. The van der Waals surface area contributed by atoms with Crippen molar-refractivity contribution < 1.29 is 4.39 Å². The fourth-order valence-electron chi connectivity index (χ4n) is 3.15. The molecule has 0 radical (unpaired) electrons. The number of benzene rings is 1. The summed E-state index contributed by atoms with van der Waals surface area (Å²) in [5, 5.41) is 3.16. The third-order valence-corrected chi connectivity index (χ3v) is 4.60. The van der Waals surface area contributed by atoms with Crippen LogP contribution < -0.4 is 10.9 Å². The molecule has 0 fully saturated rings. The Morgan fingerprint density at radius 3 is 2.83 bits per heavy atom. The summed E-state index contributed by atoms with van der Waals surface area (Å²) in [5.74, 6) is 0.979. The highest BCUT2D eigenvalue weighted by Gasteiger charge is 2.17. The molecule has 0 bridgehead atoms. The molecule has 0 atom stereocenters. The number of rotatable bonds is 6. The van der Waals surface area contributed by atoms with Gasteiger partial charge < -0.3 is 9.88 Å². The Labute approximate surface area is 170 Å². The van der Waals surface area contributed by atoms with Crippen molar-refractivity contribution in [1.29, 1.82) is 0 Å². The smallest absolute Gasteiger partial charge is 0.278 e. The maximum atomic E-state index is 13.3. The summed E-state index contributed by atoms with van der Waals surface area (Å²) >= 11 is 5.86. The predicted molar refractivity (Wildman–Crippen MR) is 110 cm³/mol. The van der Waals surface area contributed by atoms with Crippen LogP contribution in [0.3, 0.4) is 0 Å². The highest BCUT2D eigenvalue weighted by molar-refractivity contribution is 6.28. The summed E-state index contributed by atoms with van der Waals surface area (Å²) in [7, 11) is 0. The minimum Gasteiger partial charge on any atom is -0.366 e. The number of aromatic amines is 1. The first kappa shape index (κ1) is 19.1. The van der Waals surface area contributed by atoms with Crippen LogP contribution in [0.15, 0.2) is 47.4 Å². The van der Waals surface area contributed by atoms with E-state index in [1.165, 1.54) is 12.1 Å². The fraction of sp³-hybridized carbons (Fsp3) is 0.200. The molecule has 0 aliphatic carbocycles. The normalized spacial score (nSPS) is 11.1. The van der Waals surface area contributed by atoms with Crippen LogP contribution in [-0.4, -0.2) is 24.5 Å². The highest BCUT2D eigenvalue weighted by atomic mass is 35.5. The number of nitrogens with one attached hydrogen (secondary N) is 2. The lowest BCUT2D eigenvalue weighted by Crippen LogP contribution is -2.13. The molecular weight excluding hydrogens is 395 g/mol. The standard InChI is InChI=1S/C20H18ClFN6O/c1-2-8-28-16-17(26-20(21)27-19(16)29)25-18(28)13-6-7-15(24-11-13)23-10-12-4-3-5-14(22)9-12/h3-7,9,11H,2,8,10H2,1H3,(H,23,24)(H,26,27,29). The highest BCUT2D eigenvalue weighted by Crippen LogP contribution is 2.23. The molecule has 9 heteroatoms. The molecule has 4 aromatic rings. The molecule has 0 saturated carbocycles. The summed E-state index contributed by atoms with van der Waals surface area (Å²) in [6, 6.07) is 10.1. The Morgan fingerprint density at radius 2 is 2.10 bits per heavy atom. The van der Waals surface area contributed by atoms with Gasteiger partial charge in [-0.15, -0.1) is 0 Å². The van der Waals surface area contributed by atoms with Crippen molar-refractivity contribution in [1.82, 2.24) is 24.5 Å². The molecule has 3 aromatic heterocycles. The zero-order valence-electron chi connectivity index (χ0n) is 15.6. The molecule has 4 rings (SSSR count). The third-order valence-electron chi connectivity index (χ3n) is 4.42. The van der Waals surface area contributed by atoms with Gasteiger partial charge in [0.2, 0.25) is 5.28 Å². The number of imidazole rings is 1. The monoisotopic (exact) mass is 412 g/mol. The van der Waals surface area contributed by atoms with Crippen molar-refractivity contribution in [2.24, 2.45) is 0 Å². The number of nitrogens with zero attached hydrogens (tertiary/aromatic N) is 4. The molecule has 29 heavy (non-hydrogen) atoms. The van der Waals surface area contributed by atoms with E-state index in [0.29, 0.717) is 35.9 Å². The quantitative estimate of drug-likeness (QED) is 0.467. The zero-order chi connectivity index (χ0) is 20.4. The first-order valence-electron chi connectivity index (χ1n) is 9.16. The molecule has 0 saturated heterocycles. The Hall–Kier alpha value is -3.26. The summed E-state index contributed by atoms with van der Waals surface area (Å²) in [6.45, 7) is 3.08. The Balaban J connectivity index is 1.63. The lowest BCUT2D eigenvalue weighted by atomic mass is 10.2. The van der Waals surface area contributed by atoms with E-state index in [2.05, 4.69) is 25.3 Å². The number of aromatic nitrogens is 5. The number of fused-ring (bicyclic) bond motifs is 1. The minimum absolute atomic E-state index is 0.00483. The second kappa shape index (κ2) is 8.00. The van der Waals surface area contributed by atoms with Crippen molar-refractivity contribution in [2.45, 2.75) is 26.4 Å². The van der Waals surface area contributed by atoms with Crippen LogP contribution in [0.4, 0.5) is 10.2 Å². The van der Waals surface area contributed by atoms with Gasteiger partial charge in [-0.3, -0.25) is 9.78 Å². The van der Waals surface area contributed by atoms with Crippen LogP contribution in [0.25, 0.3) is 22.6 Å². The predicted octanol–water partition coefficient (Wildman–Crippen LogP) is 4.00. The van der Waals surface area contributed by atoms with Crippen LogP contribution in [0.2, 0.25) is 5.28 Å². The first-order chi connectivity index (χ1) is 14.0. The van der Waals surface area contributed by atoms with Crippen LogP contribution in [-0.2, 0) is 13.1 Å². The molecule has 0 amide bonds. The van der Waals surface area contributed by atoms with Gasteiger partial charge in [-0.2, -0.15) is 4.98 Å². The van der Waals surface area contributed by atoms with Gasteiger partial charge >= 0.3 is 0 Å². The van der Waals surface area contributed by atoms with Crippen LogP contribution in [0, 0.1) is 5.82 Å². The van der Waals surface area contributed by atoms with Crippen molar-refractivity contribution in [3.05, 3.63) is 69.6 Å². The maximum Gasteiger partial charge on any atom is 0.278 e. The van der Waals surface area contributed by atoms with E-state index >= 15 is 0 Å². The van der Waals surface area contributed by atoms with E-state index in [9.17, 15) is 9.18 Å². The van der Waals surface area contributed by atoms with Gasteiger partial charge in [-0.25, -0.2) is 14.4 Å². The maximum absolute atomic E-state index is 13.3. The topological polar surface area (TPSA) is 88.5 Å². The number of hydrogen-bond acceptors (Lipinski definition) is 5. The number of H-pyrrole nitrogens is 1. The van der Waals surface area contributed by atoms with E-state index in [1.807, 2.05) is 29.7 Å². The van der Waals surface area contributed by atoms with Crippen molar-refractivity contribution in [3.63, 3.8) is 0 Å². The molecule has 0 aliphatic heterocycles. The van der Waals surface area contributed by atoms with Gasteiger partial charge in [0.25, 0.3) is 5.56 Å². The first-order valence-corrected chi connectivity index (χ1v) is 9.53. The van der Waals surface area contributed by atoms with Gasteiger partial charge in [0.1, 0.15) is 17.5 Å². The summed E-state index contributed by atoms with van der Waals surface area (Å²) in [5.41, 5.74) is 1.94. The molecular formula is C20H18ClFN6O. The van der Waals surface area contributed by atoms with Gasteiger partial charge in [-0.05, 0) is 47.9 Å². The summed E-state index contributed by atoms with van der Waals surface area (Å²) < 4.78 is 15.1. The van der Waals surface area contributed by atoms with Gasteiger partial charge in [-0.1, -0.05) is 19.1 Å². The number of hydrogen-bond donors (Lipinski definition) is 2. The van der Waals surface area contributed by atoms with E-state index < -0.39 is 0 Å². The number of anilines is 1. The average Bonchev–Trinajstić information content (AvgIpc) is 3.05. The van der Waals surface area contributed by atoms with Gasteiger partial charge in [0.05, 0.1) is 0 Å². The van der Waals surface area contributed by atoms with E-state index in [1.54, 1.807) is 12.3 Å². The molecule has 7 nitrogen and oxygen atoms in total. The molecule has 0 aliphatic rings. The molecule has 3 heterocycles. The van der Waals surface area contributed by atoms with Gasteiger partial charge in [0.15, 0.2) is 11.2 Å². The zero-order valence-corrected chi connectivity index (χ0v) is 16.4. The summed E-state index contributed by atoms with van der Waals surface area (Å²) in [6.07, 6.45) is 2.50. The molecule has 0 unspecified atom stereocenters. The lowest BCUT2D eigenvalue weighted by molar-refractivity contribution is 0.626. The van der Waals surface area contributed by atoms with Crippen LogP contribution in [0.5, 0.6) is 0 Å². The van der Waals surface area contributed by atoms with Crippen LogP contribution >= 0.6 is 11.6 Å². The Morgan fingerprint density at radius 1 is 1.24 bits per heavy atom. The fourth-order valence-corrected chi connectivity index (χ4v) is 3.31. The Bertz CT molecular complexity index is 1220. The van der Waals surface area contributed by atoms with Crippen molar-refractivity contribution in [3.8, 4) is 11.4 Å². The number of aryl methyl sites for hydroxylation is 1. The largest absolute Gasteiger partial charge is 0.366 e. The molecule has 1 aromatic carbocycles. The number of pyridine rings is 1. The second-order valence-corrected chi connectivity index (χ2v) is 6.89. The van der Waals surface area contributed by atoms with Crippen LogP contribution in [0.1, 0.15) is 18.9 Å². The third kappa shape index (κ3) is 3.97. The van der Waals surface area contributed by atoms with E-state index in [4.69, 9.17) is 11.6 Å². The average molecular weight is 413 g/mol. The van der Waals surface area contributed by atoms with E-state index in [-0.39, 0.29) is 16.7 Å². The minimum atomic E-state index is -0.325. The SMILES string of the molecule is CCCn1c(-c2ccc(NCc3cccc(F)c3)nc2)nc2nc(Cl)[nH]c(=O)c21. The van der Waals surface area contributed by atoms with E-state index in [0.717, 1.165) is 17.5 Å². The lowest BCUT2D eigenvalue weighted by Gasteiger charge is -2.09. The summed E-state index contributed by atoms with van der Waals surface area (Å²) in [4.78, 5) is 27.9. The van der Waals surface area contributed by atoms with Crippen molar-refractivity contribution in [2.75, 3.05) is 5.32 Å². The van der Waals surface area contributed by atoms with Crippen molar-refractivity contribution >= 4 is 28.6 Å². The van der Waals surface area contributed by atoms with Gasteiger partial charge in [0, 0.05) is 24.8 Å². The second-order valence-electron chi connectivity index (χ2n) is 6.53. The molecule has 2 N–H and O–H groups in total. The number of halogens is 2. The molecule has 0 spiro atoms. The Kier molecular flexibility index (Phi) is 5.26.